The van der Waals surface area contributed by atoms with E-state index in [0.717, 1.165) is 12.0 Å². The molecule has 3 rings (SSSR count). The minimum atomic E-state index is -1.26. The van der Waals surface area contributed by atoms with Gasteiger partial charge in [-0.1, -0.05) is 23.8 Å². The minimum absolute atomic E-state index is 0.0703. The van der Waals surface area contributed by atoms with Gasteiger partial charge < -0.3 is 31.5 Å². The highest BCUT2D eigenvalue weighted by Crippen LogP contribution is 2.21. The number of piperidine rings is 1. The van der Waals surface area contributed by atoms with Crippen LogP contribution in [0.1, 0.15) is 24.8 Å². The Kier molecular flexibility index (Phi) is 6.50. The van der Waals surface area contributed by atoms with Crippen molar-refractivity contribution in [1.82, 2.24) is 16.0 Å². The number of aliphatic hydroxyl groups excluding tert-OH is 2. The van der Waals surface area contributed by atoms with Crippen LogP contribution in [-0.2, 0) is 9.59 Å². The lowest BCUT2D eigenvalue weighted by Gasteiger charge is -2.31. The largest absolute Gasteiger partial charge is 0.390 e. The zero-order valence-electron chi connectivity index (χ0n) is 16.1. The molecule has 0 radical (unpaired) electrons. The van der Waals surface area contributed by atoms with Crippen molar-refractivity contribution < 1.29 is 24.6 Å². The fraction of sp³-hybridized carbons (Fsp3) is 0.450. The highest BCUT2D eigenvalue weighted by Gasteiger charge is 2.35. The van der Waals surface area contributed by atoms with Crippen LogP contribution in [-0.4, -0.2) is 58.9 Å². The van der Waals surface area contributed by atoms with Crippen LogP contribution in [0, 0.1) is 6.92 Å². The van der Waals surface area contributed by atoms with Crippen molar-refractivity contribution >= 4 is 23.5 Å². The summed E-state index contributed by atoms with van der Waals surface area (Å²) in [6.45, 7) is 2.51. The maximum Gasteiger partial charge on any atom is 0.319 e. The topological polar surface area (TPSA) is 140 Å². The van der Waals surface area contributed by atoms with E-state index in [-0.39, 0.29) is 17.9 Å². The molecule has 6 N–H and O–H groups in total. The van der Waals surface area contributed by atoms with Gasteiger partial charge in [0.1, 0.15) is 12.1 Å². The molecule has 1 fully saturated rings. The Morgan fingerprint density at radius 2 is 1.86 bits per heavy atom. The molecule has 9 heteroatoms. The lowest BCUT2D eigenvalue weighted by atomic mass is 9.89. The first kappa shape index (κ1) is 20.8. The Morgan fingerprint density at radius 1 is 1.14 bits per heavy atom. The number of rotatable bonds is 4. The van der Waals surface area contributed by atoms with E-state index >= 15 is 0 Å². The summed E-state index contributed by atoms with van der Waals surface area (Å²) in [5, 5.41) is 30.9. The molecule has 2 aliphatic rings. The molecule has 9 nitrogen and oxygen atoms in total. The van der Waals surface area contributed by atoms with E-state index in [1.807, 2.05) is 19.1 Å². The van der Waals surface area contributed by atoms with Gasteiger partial charge in [0.15, 0.2) is 0 Å². The standard InChI is InChI=1S/C20H26N4O5/c1-11-4-6-13(7-5-11)22-20(29)24-15-9-12(10-16(25)17(15)26)18(27)23-14-3-2-8-21-19(14)28/h4-7,9,14-17,25-26H,2-3,8,10H2,1H3,(H,21,28)(H,23,27)(H2,22,24,29). The van der Waals surface area contributed by atoms with Crippen molar-refractivity contribution in [2.45, 2.75) is 50.5 Å². The van der Waals surface area contributed by atoms with E-state index in [4.69, 9.17) is 0 Å². The third-order valence-electron chi connectivity index (χ3n) is 5.06. The second-order valence-corrected chi connectivity index (χ2v) is 7.40. The monoisotopic (exact) mass is 402 g/mol. The Bertz CT molecular complexity index is 808. The van der Waals surface area contributed by atoms with Crippen LogP contribution >= 0.6 is 0 Å². The van der Waals surface area contributed by atoms with E-state index in [1.165, 1.54) is 6.08 Å². The number of hydrogen-bond donors (Lipinski definition) is 6. The van der Waals surface area contributed by atoms with Crippen molar-refractivity contribution in [2.75, 3.05) is 11.9 Å². The molecule has 1 aromatic rings. The highest BCUT2D eigenvalue weighted by molar-refractivity contribution is 5.97. The smallest absolute Gasteiger partial charge is 0.319 e. The van der Waals surface area contributed by atoms with Crippen LogP contribution < -0.4 is 21.3 Å². The van der Waals surface area contributed by atoms with Crippen LogP contribution in [0.4, 0.5) is 10.5 Å². The first-order chi connectivity index (χ1) is 13.8. The predicted octanol–water partition coefficient (Wildman–Crippen LogP) is -0.0682. The van der Waals surface area contributed by atoms with Crippen molar-refractivity contribution in [3.8, 4) is 0 Å². The zero-order chi connectivity index (χ0) is 21.0. The number of carbonyl (C=O) groups is 3. The molecule has 1 aromatic carbocycles. The van der Waals surface area contributed by atoms with E-state index in [9.17, 15) is 24.6 Å². The lowest BCUT2D eigenvalue weighted by Crippen LogP contribution is -2.54. The summed E-state index contributed by atoms with van der Waals surface area (Å²) >= 11 is 0. The number of anilines is 1. The number of urea groups is 1. The maximum atomic E-state index is 12.5. The Hall–Kier alpha value is -2.91. The maximum absolute atomic E-state index is 12.5. The average molecular weight is 402 g/mol. The first-order valence-corrected chi connectivity index (χ1v) is 9.63. The number of nitrogens with one attached hydrogen (secondary N) is 4. The lowest BCUT2D eigenvalue weighted by molar-refractivity contribution is -0.129. The second kappa shape index (κ2) is 9.06. The van der Waals surface area contributed by atoms with Gasteiger partial charge in [0, 0.05) is 24.2 Å². The number of hydrogen-bond acceptors (Lipinski definition) is 5. The van der Waals surface area contributed by atoms with Gasteiger partial charge in [-0.25, -0.2) is 4.79 Å². The number of benzene rings is 1. The molecular formula is C20H26N4O5. The summed E-state index contributed by atoms with van der Waals surface area (Å²) in [7, 11) is 0. The second-order valence-electron chi connectivity index (χ2n) is 7.40. The normalized spacial score (nSPS) is 26.7. The number of carbonyl (C=O) groups excluding carboxylic acids is 3. The van der Waals surface area contributed by atoms with Gasteiger partial charge in [-0.05, 0) is 31.9 Å². The molecule has 1 heterocycles. The number of aliphatic hydroxyl groups is 2. The predicted molar refractivity (Wildman–Crippen MR) is 106 cm³/mol. The Labute approximate surface area is 168 Å². The highest BCUT2D eigenvalue weighted by atomic mass is 16.3. The zero-order valence-corrected chi connectivity index (χ0v) is 16.1. The van der Waals surface area contributed by atoms with Crippen LogP contribution in [0.15, 0.2) is 35.9 Å². The molecule has 4 unspecified atom stereocenters. The van der Waals surface area contributed by atoms with Gasteiger partial charge in [0.25, 0.3) is 0 Å². The Balaban J connectivity index is 1.65. The van der Waals surface area contributed by atoms with Crippen molar-refractivity contribution in [2.24, 2.45) is 0 Å². The molecule has 1 saturated heterocycles. The van der Waals surface area contributed by atoms with Crippen LogP contribution in [0.2, 0.25) is 0 Å². The van der Waals surface area contributed by atoms with Crippen LogP contribution in [0.25, 0.3) is 0 Å². The molecule has 4 atom stereocenters. The van der Waals surface area contributed by atoms with E-state index in [0.29, 0.717) is 18.7 Å². The number of amides is 4. The molecular weight excluding hydrogens is 376 g/mol. The fourth-order valence-electron chi connectivity index (χ4n) is 3.38. The third-order valence-corrected chi connectivity index (χ3v) is 5.06. The molecule has 4 amide bonds. The van der Waals surface area contributed by atoms with Crippen molar-refractivity contribution in [1.29, 1.82) is 0 Å². The van der Waals surface area contributed by atoms with Gasteiger partial charge >= 0.3 is 6.03 Å². The quantitative estimate of drug-likeness (QED) is 0.418. The van der Waals surface area contributed by atoms with Gasteiger partial charge in [-0.3, -0.25) is 9.59 Å². The molecule has 1 aliphatic carbocycles. The molecule has 0 spiro atoms. The van der Waals surface area contributed by atoms with E-state index in [2.05, 4.69) is 21.3 Å². The van der Waals surface area contributed by atoms with Gasteiger partial charge in [-0.2, -0.15) is 0 Å². The molecule has 0 saturated carbocycles. The van der Waals surface area contributed by atoms with Crippen LogP contribution in [0.3, 0.4) is 0 Å². The summed E-state index contributed by atoms with van der Waals surface area (Å²) < 4.78 is 0. The van der Waals surface area contributed by atoms with Gasteiger partial charge in [-0.15, -0.1) is 0 Å². The first-order valence-electron chi connectivity index (χ1n) is 9.63. The molecule has 1 aliphatic heterocycles. The molecule has 156 valence electrons. The summed E-state index contributed by atoms with van der Waals surface area (Å²) in [4.78, 5) is 36.6. The molecule has 0 bridgehead atoms. The molecule has 0 aromatic heterocycles. The average Bonchev–Trinajstić information content (AvgIpc) is 2.68. The van der Waals surface area contributed by atoms with Crippen LogP contribution in [0.5, 0.6) is 0 Å². The number of aryl methyl sites for hydroxylation is 1. The van der Waals surface area contributed by atoms with Crippen molar-refractivity contribution in [3.63, 3.8) is 0 Å². The van der Waals surface area contributed by atoms with E-state index in [1.54, 1.807) is 12.1 Å². The SMILES string of the molecule is Cc1ccc(NC(=O)NC2C=C(C(=O)NC3CCCNC3=O)CC(O)C2O)cc1. The van der Waals surface area contributed by atoms with E-state index < -0.39 is 36.2 Å². The van der Waals surface area contributed by atoms with Crippen molar-refractivity contribution in [3.05, 3.63) is 41.5 Å². The third kappa shape index (κ3) is 5.33. The Morgan fingerprint density at radius 3 is 2.55 bits per heavy atom. The summed E-state index contributed by atoms with van der Waals surface area (Å²) in [5.41, 5.74) is 1.83. The molecule has 29 heavy (non-hydrogen) atoms. The summed E-state index contributed by atoms with van der Waals surface area (Å²) in [6, 6.07) is 5.02. The summed E-state index contributed by atoms with van der Waals surface area (Å²) in [6.07, 6.45) is 0.178. The minimum Gasteiger partial charge on any atom is -0.390 e. The summed E-state index contributed by atoms with van der Waals surface area (Å²) in [5.74, 6) is -0.738. The van der Waals surface area contributed by atoms with Gasteiger partial charge in [0.2, 0.25) is 11.8 Å². The van der Waals surface area contributed by atoms with Gasteiger partial charge in [0.05, 0.1) is 12.1 Å². The fourth-order valence-corrected chi connectivity index (χ4v) is 3.38.